The first-order valence-corrected chi connectivity index (χ1v) is 8.78. The van der Waals surface area contributed by atoms with Gasteiger partial charge in [-0.15, -0.1) is 0 Å². The maximum Gasteiger partial charge on any atom is 0.322 e. The summed E-state index contributed by atoms with van der Waals surface area (Å²) in [7, 11) is 4.78. The molecule has 7 heteroatoms. The number of carbonyl (C=O) groups is 1. The molecule has 1 heterocycles. The van der Waals surface area contributed by atoms with Crippen LogP contribution in [0.25, 0.3) is 0 Å². The van der Waals surface area contributed by atoms with Crippen LogP contribution in [0.5, 0.6) is 17.2 Å². The molecule has 0 unspecified atom stereocenters. The number of hydrogen-bond donors (Lipinski definition) is 2. The largest absolute Gasteiger partial charge is 0.495 e. The van der Waals surface area contributed by atoms with E-state index in [1.54, 1.807) is 38.4 Å². The van der Waals surface area contributed by atoms with Crippen molar-refractivity contribution in [2.24, 2.45) is 5.73 Å². The number of para-hydroxylation sites is 2. The van der Waals surface area contributed by atoms with Gasteiger partial charge in [-0.05, 0) is 41.8 Å². The Labute approximate surface area is 159 Å². The monoisotopic (exact) mass is 371 g/mol. The van der Waals surface area contributed by atoms with Crippen LogP contribution in [0.3, 0.4) is 0 Å². The van der Waals surface area contributed by atoms with E-state index in [9.17, 15) is 4.79 Å². The number of benzene rings is 2. The van der Waals surface area contributed by atoms with Crippen molar-refractivity contribution in [2.45, 2.75) is 12.5 Å². The van der Waals surface area contributed by atoms with Crippen LogP contribution in [0.15, 0.2) is 36.4 Å². The Morgan fingerprint density at radius 1 is 1.11 bits per heavy atom. The average Bonchev–Trinajstić information content (AvgIpc) is 2.71. The van der Waals surface area contributed by atoms with E-state index in [4.69, 9.17) is 19.9 Å². The van der Waals surface area contributed by atoms with Crippen molar-refractivity contribution in [2.75, 3.05) is 39.7 Å². The van der Waals surface area contributed by atoms with Crippen molar-refractivity contribution in [1.29, 1.82) is 0 Å². The van der Waals surface area contributed by atoms with Crippen LogP contribution >= 0.6 is 0 Å². The standard InChI is InChI=1S/C20H25N3O4/c1-25-17-7-5-4-6-15(17)22-20(24)23-9-8-13-10-18(26-2)19(27-3)11-14(13)16(23)12-21/h4-7,10-11,16H,8-9,12,21H2,1-3H3,(H,22,24)/t16-/m1/s1. The molecule has 1 aliphatic heterocycles. The normalized spacial score (nSPS) is 15.7. The van der Waals surface area contributed by atoms with E-state index in [0.29, 0.717) is 42.4 Å². The number of ether oxygens (including phenoxy) is 3. The van der Waals surface area contributed by atoms with Gasteiger partial charge in [-0.3, -0.25) is 0 Å². The summed E-state index contributed by atoms with van der Waals surface area (Å²) < 4.78 is 16.1. The predicted molar refractivity (Wildman–Crippen MR) is 104 cm³/mol. The van der Waals surface area contributed by atoms with Gasteiger partial charge >= 0.3 is 6.03 Å². The summed E-state index contributed by atoms with van der Waals surface area (Å²) in [5, 5.41) is 2.93. The van der Waals surface area contributed by atoms with Crippen LogP contribution in [0.1, 0.15) is 17.2 Å². The highest BCUT2D eigenvalue weighted by Gasteiger charge is 2.31. The van der Waals surface area contributed by atoms with Gasteiger partial charge in [0, 0.05) is 13.1 Å². The Bertz CT molecular complexity index is 825. The second kappa shape index (κ2) is 8.18. The molecule has 2 aromatic carbocycles. The quantitative estimate of drug-likeness (QED) is 0.844. The van der Waals surface area contributed by atoms with Crippen LogP contribution in [0.4, 0.5) is 10.5 Å². The highest BCUT2D eigenvalue weighted by Crippen LogP contribution is 2.38. The molecular formula is C20H25N3O4. The molecule has 0 saturated carbocycles. The van der Waals surface area contributed by atoms with Crippen molar-refractivity contribution in [3.05, 3.63) is 47.5 Å². The lowest BCUT2D eigenvalue weighted by atomic mass is 9.92. The minimum atomic E-state index is -0.247. The molecule has 0 aliphatic carbocycles. The lowest BCUT2D eigenvalue weighted by Gasteiger charge is -2.37. The van der Waals surface area contributed by atoms with Crippen molar-refractivity contribution < 1.29 is 19.0 Å². The van der Waals surface area contributed by atoms with Gasteiger partial charge in [0.1, 0.15) is 5.75 Å². The highest BCUT2D eigenvalue weighted by molar-refractivity contribution is 5.91. The number of amides is 2. The first-order chi connectivity index (χ1) is 13.1. The lowest BCUT2D eigenvalue weighted by Crippen LogP contribution is -2.45. The van der Waals surface area contributed by atoms with Gasteiger partial charge in [-0.2, -0.15) is 0 Å². The summed E-state index contributed by atoms with van der Waals surface area (Å²) in [6.07, 6.45) is 0.714. The Hall–Kier alpha value is -2.93. The first kappa shape index (κ1) is 18.8. The number of hydrogen-bond acceptors (Lipinski definition) is 5. The third-order valence-corrected chi connectivity index (χ3v) is 4.84. The fourth-order valence-electron chi connectivity index (χ4n) is 3.46. The summed E-state index contributed by atoms with van der Waals surface area (Å²) in [5.74, 6) is 1.92. The SMILES string of the molecule is COc1ccccc1NC(=O)N1CCc2cc(OC)c(OC)cc2[C@H]1CN. The minimum absolute atomic E-state index is 0.213. The van der Waals surface area contributed by atoms with Gasteiger partial charge in [-0.25, -0.2) is 4.79 Å². The lowest BCUT2D eigenvalue weighted by molar-refractivity contribution is 0.184. The molecule has 3 rings (SSSR count). The van der Waals surface area contributed by atoms with Crippen LogP contribution in [-0.4, -0.2) is 45.3 Å². The molecule has 1 aliphatic rings. The fraction of sp³-hybridized carbons (Fsp3) is 0.350. The third-order valence-electron chi connectivity index (χ3n) is 4.84. The van der Waals surface area contributed by atoms with Crippen molar-refractivity contribution in [1.82, 2.24) is 4.90 Å². The van der Waals surface area contributed by atoms with Gasteiger partial charge in [-0.1, -0.05) is 12.1 Å². The minimum Gasteiger partial charge on any atom is -0.495 e. The molecular weight excluding hydrogens is 346 g/mol. The van der Waals surface area contributed by atoms with E-state index < -0.39 is 0 Å². The first-order valence-electron chi connectivity index (χ1n) is 8.78. The molecule has 27 heavy (non-hydrogen) atoms. The van der Waals surface area contributed by atoms with E-state index in [0.717, 1.165) is 11.1 Å². The molecule has 2 aromatic rings. The van der Waals surface area contributed by atoms with Crippen molar-refractivity contribution in [3.63, 3.8) is 0 Å². The number of nitrogens with one attached hydrogen (secondary N) is 1. The summed E-state index contributed by atoms with van der Waals surface area (Å²) in [6, 6.07) is 10.7. The van der Waals surface area contributed by atoms with Crippen molar-refractivity contribution in [3.8, 4) is 17.2 Å². The van der Waals surface area contributed by atoms with E-state index in [1.807, 2.05) is 24.3 Å². The molecule has 2 amide bonds. The second-order valence-electron chi connectivity index (χ2n) is 6.23. The number of nitrogens with two attached hydrogens (primary N) is 1. The van der Waals surface area contributed by atoms with E-state index in [1.165, 1.54) is 0 Å². The zero-order valence-electron chi connectivity index (χ0n) is 15.8. The third kappa shape index (κ3) is 3.64. The van der Waals surface area contributed by atoms with Gasteiger partial charge in [0.2, 0.25) is 0 Å². The van der Waals surface area contributed by atoms with Crippen LogP contribution in [-0.2, 0) is 6.42 Å². The maximum absolute atomic E-state index is 12.9. The number of carbonyl (C=O) groups excluding carboxylic acids is 1. The molecule has 3 N–H and O–H groups in total. The van der Waals surface area contributed by atoms with Gasteiger partial charge in [0.15, 0.2) is 11.5 Å². The fourth-order valence-corrected chi connectivity index (χ4v) is 3.46. The van der Waals surface area contributed by atoms with Crippen LogP contribution in [0, 0.1) is 0 Å². The van der Waals surface area contributed by atoms with Crippen LogP contribution < -0.4 is 25.3 Å². The van der Waals surface area contributed by atoms with E-state index >= 15 is 0 Å². The molecule has 144 valence electrons. The smallest absolute Gasteiger partial charge is 0.322 e. The molecule has 1 atom stereocenters. The number of urea groups is 1. The number of anilines is 1. The molecule has 0 spiro atoms. The Morgan fingerprint density at radius 2 is 1.78 bits per heavy atom. The number of fused-ring (bicyclic) bond motifs is 1. The molecule has 7 nitrogen and oxygen atoms in total. The van der Waals surface area contributed by atoms with E-state index in [-0.39, 0.29) is 12.1 Å². The van der Waals surface area contributed by atoms with Crippen molar-refractivity contribution >= 4 is 11.7 Å². The van der Waals surface area contributed by atoms with Gasteiger partial charge in [0.25, 0.3) is 0 Å². The summed E-state index contributed by atoms with van der Waals surface area (Å²) >= 11 is 0. The topological polar surface area (TPSA) is 86.0 Å². The zero-order valence-corrected chi connectivity index (χ0v) is 15.8. The number of rotatable bonds is 5. The highest BCUT2D eigenvalue weighted by atomic mass is 16.5. The Balaban J connectivity index is 1.88. The summed E-state index contributed by atoms with van der Waals surface area (Å²) in [6.45, 7) is 0.868. The Kier molecular flexibility index (Phi) is 5.71. The molecule has 0 radical (unpaired) electrons. The molecule has 0 aromatic heterocycles. The summed E-state index contributed by atoms with van der Waals surface area (Å²) in [4.78, 5) is 14.7. The molecule has 0 fully saturated rings. The average molecular weight is 371 g/mol. The van der Waals surface area contributed by atoms with Crippen LogP contribution in [0.2, 0.25) is 0 Å². The predicted octanol–water partition coefficient (Wildman–Crippen LogP) is 2.80. The molecule has 0 saturated heterocycles. The van der Waals surface area contributed by atoms with E-state index in [2.05, 4.69) is 5.32 Å². The summed E-state index contributed by atoms with van der Waals surface area (Å²) in [5.41, 5.74) is 8.76. The molecule has 0 bridgehead atoms. The number of methoxy groups -OCH3 is 3. The van der Waals surface area contributed by atoms with Gasteiger partial charge < -0.3 is 30.2 Å². The maximum atomic E-state index is 12.9. The number of nitrogens with zero attached hydrogens (tertiary/aromatic N) is 1. The Morgan fingerprint density at radius 3 is 2.44 bits per heavy atom. The second-order valence-corrected chi connectivity index (χ2v) is 6.23. The van der Waals surface area contributed by atoms with Gasteiger partial charge in [0.05, 0.1) is 33.1 Å². The zero-order chi connectivity index (χ0) is 19.4.